The van der Waals surface area contributed by atoms with Gasteiger partial charge in [0.2, 0.25) is 0 Å². The number of benzene rings is 1. The summed E-state index contributed by atoms with van der Waals surface area (Å²) in [5.74, 6) is -0.100. The lowest BCUT2D eigenvalue weighted by molar-refractivity contribution is 0.102. The molecule has 1 heterocycles. The zero-order valence-electron chi connectivity index (χ0n) is 12.0. The third-order valence-electron chi connectivity index (χ3n) is 3.59. The molecular weight excluding hydrogens is 238 g/mol. The van der Waals surface area contributed by atoms with E-state index in [0.29, 0.717) is 5.56 Å². The number of anilines is 1. The topological polar surface area (TPSA) is 46.9 Å². The number of nitrogens with one attached hydrogen (secondary N) is 1. The molecule has 1 aromatic heterocycles. The van der Waals surface area contributed by atoms with Crippen LogP contribution in [-0.4, -0.2) is 15.7 Å². The minimum atomic E-state index is -0.100. The fourth-order valence-electron chi connectivity index (χ4n) is 2.17. The van der Waals surface area contributed by atoms with Gasteiger partial charge in [0.25, 0.3) is 5.91 Å². The first-order chi connectivity index (χ1) is 8.91. The van der Waals surface area contributed by atoms with Gasteiger partial charge in [0.1, 0.15) is 0 Å². The molecule has 0 aliphatic carbocycles. The Labute approximate surface area is 113 Å². The summed E-state index contributed by atoms with van der Waals surface area (Å²) < 4.78 is 1.73. The number of nitrogens with zero attached hydrogens (tertiary/aromatic N) is 2. The van der Waals surface area contributed by atoms with Crippen molar-refractivity contribution in [2.45, 2.75) is 27.7 Å². The predicted molar refractivity (Wildman–Crippen MR) is 76.6 cm³/mol. The van der Waals surface area contributed by atoms with E-state index in [1.54, 1.807) is 4.68 Å². The number of carbonyl (C=O) groups excluding carboxylic acids is 1. The number of aryl methyl sites for hydroxylation is 3. The van der Waals surface area contributed by atoms with Gasteiger partial charge in [-0.25, -0.2) is 0 Å². The standard InChI is InChI=1S/C15H19N3O/c1-9-7-6-8-13(10(9)2)16-15(19)14-11(3)17-18(5)12(14)4/h6-8H,1-5H3,(H,16,19). The van der Waals surface area contributed by atoms with Gasteiger partial charge in [-0.15, -0.1) is 0 Å². The molecule has 0 spiro atoms. The molecular formula is C15H19N3O. The Morgan fingerprint density at radius 1 is 1.21 bits per heavy atom. The van der Waals surface area contributed by atoms with Crippen molar-refractivity contribution in [2.24, 2.45) is 7.05 Å². The molecule has 2 aromatic rings. The van der Waals surface area contributed by atoms with E-state index >= 15 is 0 Å². The Hall–Kier alpha value is -2.10. The van der Waals surface area contributed by atoms with Crippen LogP contribution in [-0.2, 0) is 7.05 Å². The van der Waals surface area contributed by atoms with Crippen LogP contribution < -0.4 is 5.32 Å². The quantitative estimate of drug-likeness (QED) is 0.899. The average Bonchev–Trinajstić information content (AvgIpc) is 2.59. The molecule has 4 nitrogen and oxygen atoms in total. The maximum Gasteiger partial charge on any atom is 0.259 e. The lowest BCUT2D eigenvalue weighted by Crippen LogP contribution is -2.15. The van der Waals surface area contributed by atoms with E-state index in [1.165, 1.54) is 0 Å². The van der Waals surface area contributed by atoms with E-state index in [1.807, 2.05) is 52.9 Å². The Morgan fingerprint density at radius 3 is 2.47 bits per heavy atom. The first kappa shape index (κ1) is 13.3. The predicted octanol–water partition coefficient (Wildman–Crippen LogP) is 2.91. The molecule has 0 saturated carbocycles. The molecule has 1 amide bonds. The van der Waals surface area contributed by atoms with Crippen LogP contribution in [0, 0.1) is 27.7 Å². The first-order valence-electron chi connectivity index (χ1n) is 6.29. The van der Waals surface area contributed by atoms with E-state index < -0.39 is 0 Å². The van der Waals surface area contributed by atoms with Crippen molar-refractivity contribution < 1.29 is 4.79 Å². The van der Waals surface area contributed by atoms with Crippen LogP contribution in [0.3, 0.4) is 0 Å². The van der Waals surface area contributed by atoms with Crippen LogP contribution in [0.2, 0.25) is 0 Å². The van der Waals surface area contributed by atoms with E-state index in [4.69, 9.17) is 0 Å². The van der Waals surface area contributed by atoms with Gasteiger partial charge in [-0.05, 0) is 44.9 Å². The van der Waals surface area contributed by atoms with Crippen molar-refractivity contribution in [3.63, 3.8) is 0 Å². The average molecular weight is 257 g/mol. The second-order valence-corrected chi connectivity index (χ2v) is 4.87. The fraction of sp³-hybridized carbons (Fsp3) is 0.333. The Kier molecular flexibility index (Phi) is 3.42. The third-order valence-corrected chi connectivity index (χ3v) is 3.59. The highest BCUT2D eigenvalue weighted by Crippen LogP contribution is 2.20. The molecule has 0 bridgehead atoms. The zero-order chi connectivity index (χ0) is 14.2. The van der Waals surface area contributed by atoms with Gasteiger partial charge in [0.05, 0.1) is 11.3 Å². The Bertz CT molecular complexity index is 641. The fourth-order valence-corrected chi connectivity index (χ4v) is 2.17. The van der Waals surface area contributed by atoms with Crippen molar-refractivity contribution in [1.29, 1.82) is 0 Å². The summed E-state index contributed by atoms with van der Waals surface area (Å²) in [5.41, 5.74) is 5.40. The van der Waals surface area contributed by atoms with Crippen LogP contribution in [0.1, 0.15) is 32.9 Å². The highest BCUT2D eigenvalue weighted by Gasteiger charge is 2.17. The van der Waals surface area contributed by atoms with Gasteiger partial charge in [-0.3, -0.25) is 9.48 Å². The minimum Gasteiger partial charge on any atom is -0.322 e. The van der Waals surface area contributed by atoms with Crippen LogP contribution >= 0.6 is 0 Å². The number of aromatic nitrogens is 2. The van der Waals surface area contributed by atoms with Crippen molar-refractivity contribution >= 4 is 11.6 Å². The molecule has 1 N–H and O–H groups in total. The normalized spacial score (nSPS) is 10.6. The van der Waals surface area contributed by atoms with E-state index in [-0.39, 0.29) is 5.91 Å². The van der Waals surface area contributed by atoms with Gasteiger partial charge < -0.3 is 5.32 Å². The SMILES string of the molecule is Cc1cccc(NC(=O)c2c(C)nn(C)c2C)c1C. The smallest absolute Gasteiger partial charge is 0.259 e. The molecule has 1 aromatic carbocycles. The second kappa shape index (κ2) is 4.88. The molecule has 0 atom stereocenters. The molecule has 0 radical (unpaired) electrons. The van der Waals surface area contributed by atoms with Crippen molar-refractivity contribution in [3.8, 4) is 0 Å². The van der Waals surface area contributed by atoms with Gasteiger partial charge in [-0.2, -0.15) is 5.10 Å². The molecule has 4 heteroatoms. The summed E-state index contributed by atoms with van der Waals surface area (Å²) in [6.45, 7) is 7.79. The summed E-state index contributed by atoms with van der Waals surface area (Å²) in [5, 5.41) is 7.24. The Balaban J connectivity index is 2.34. The molecule has 0 aliphatic heterocycles. The highest BCUT2D eigenvalue weighted by molar-refractivity contribution is 6.06. The summed E-state index contributed by atoms with van der Waals surface area (Å²) in [6.07, 6.45) is 0. The maximum atomic E-state index is 12.4. The number of hydrogen-bond donors (Lipinski definition) is 1. The lowest BCUT2D eigenvalue weighted by Gasteiger charge is -2.10. The summed E-state index contributed by atoms with van der Waals surface area (Å²) in [4.78, 5) is 12.4. The van der Waals surface area contributed by atoms with E-state index in [2.05, 4.69) is 10.4 Å². The molecule has 0 saturated heterocycles. The van der Waals surface area contributed by atoms with Gasteiger partial charge >= 0.3 is 0 Å². The zero-order valence-corrected chi connectivity index (χ0v) is 12.0. The van der Waals surface area contributed by atoms with Gasteiger partial charge in [-0.1, -0.05) is 12.1 Å². The van der Waals surface area contributed by atoms with E-state index in [0.717, 1.165) is 28.2 Å². The summed E-state index contributed by atoms with van der Waals surface area (Å²) in [7, 11) is 1.84. The molecule has 0 fully saturated rings. The van der Waals surface area contributed by atoms with Gasteiger partial charge in [0, 0.05) is 18.4 Å². The van der Waals surface area contributed by atoms with Crippen molar-refractivity contribution in [1.82, 2.24) is 9.78 Å². The highest BCUT2D eigenvalue weighted by atomic mass is 16.1. The second-order valence-electron chi connectivity index (χ2n) is 4.87. The van der Waals surface area contributed by atoms with E-state index in [9.17, 15) is 4.79 Å². The maximum absolute atomic E-state index is 12.4. The van der Waals surface area contributed by atoms with Crippen LogP contribution in [0.5, 0.6) is 0 Å². The molecule has 19 heavy (non-hydrogen) atoms. The Morgan fingerprint density at radius 2 is 1.89 bits per heavy atom. The van der Waals surface area contributed by atoms with Crippen molar-refractivity contribution in [3.05, 3.63) is 46.3 Å². The van der Waals surface area contributed by atoms with Crippen LogP contribution in [0.4, 0.5) is 5.69 Å². The number of carbonyl (C=O) groups is 1. The number of rotatable bonds is 2. The molecule has 0 aliphatic rings. The third kappa shape index (κ3) is 2.38. The number of hydrogen-bond acceptors (Lipinski definition) is 2. The largest absolute Gasteiger partial charge is 0.322 e. The summed E-state index contributed by atoms with van der Waals surface area (Å²) >= 11 is 0. The first-order valence-corrected chi connectivity index (χ1v) is 6.29. The minimum absolute atomic E-state index is 0.100. The number of amides is 1. The van der Waals surface area contributed by atoms with Crippen LogP contribution in [0.25, 0.3) is 0 Å². The lowest BCUT2D eigenvalue weighted by atomic mass is 10.1. The van der Waals surface area contributed by atoms with Gasteiger partial charge in [0.15, 0.2) is 0 Å². The monoisotopic (exact) mass is 257 g/mol. The molecule has 2 rings (SSSR count). The molecule has 100 valence electrons. The van der Waals surface area contributed by atoms with Crippen molar-refractivity contribution in [2.75, 3.05) is 5.32 Å². The molecule has 0 unspecified atom stereocenters. The summed E-state index contributed by atoms with van der Waals surface area (Å²) in [6, 6.07) is 5.90. The van der Waals surface area contributed by atoms with Crippen LogP contribution in [0.15, 0.2) is 18.2 Å².